The van der Waals surface area contributed by atoms with Crippen LogP contribution >= 0.6 is 0 Å². The lowest BCUT2D eigenvalue weighted by atomic mass is 10.0. The summed E-state index contributed by atoms with van der Waals surface area (Å²) >= 11 is 0. The normalized spacial score (nSPS) is 13.9. The van der Waals surface area contributed by atoms with E-state index in [0.29, 0.717) is 16.8 Å². The van der Waals surface area contributed by atoms with Crippen molar-refractivity contribution in [2.24, 2.45) is 0 Å². The molecule has 216 valence electrons. The van der Waals surface area contributed by atoms with Gasteiger partial charge in [0.25, 0.3) is 5.91 Å². The summed E-state index contributed by atoms with van der Waals surface area (Å²) in [5.41, 5.74) is 2.05. The Hall–Kier alpha value is -4.55. The number of aromatic nitrogens is 2. The zero-order chi connectivity index (χ0) is 30.2. The van der Waals surface area contributed by atoms with Gasteiger partial charge in [0.05, 0.1) is 11.3 Å². The number of aryl methyl sites for hydroxylation is 2. The van der Waals surface area contributed by atoms with Gasteiger partial charge < -0.3 is 14.6 Å². The van der Waals surface area contributed by atoms with Gasteiger partial charge in [-0.25, -0.2) is 9.18 Å². The van der Waals surface area contributed by atoms with Crippen LogP contribution in [0.2, 0.25) is 0 Å². The number of piperazine rings is 1. The van der Waals surface area contributed by atoms with Crippen molar-refractivity contribution in [1.29, 1.82) is 0 Å². The van der Waals surface area contributed by atoms with Gasteiger partial charge in [-0.1, -0.05) is 12.1 Å². The number of hydrogen-bond donors (Lipinski definition) is 0. The van der Waals surface area contributed by atoms with Gasteiger partial charge >= 0.3 is 17.7 Å². The number of benzene rings is 2. The Labute approximate surface area is 231 Å². The molecule has 1 aliphatic rings. The smallest absolute Gasteiger partial charge is 0.327 e. The van der Waals surface area contributed by atoms with Crippen LogP contribution in [-0.4, -0.2) is 58.4 Å². The molecule has 9 nitrogen and oxygen atoms in total. The first kappa shape index (κ1) is 29.4. The van der Waals surface area contributed by atoms with Gasteiger partial charge in [-0.05, 0) is 79.1 Å². The SMILES string of the molecule is Cc1cc(C)cc(N2CCN(C(=O)c3cc(Cc4nn(OC(=O)C(F)(F)F)c(=O)c(C)c4C)ccc3F)CC2=O)c1. The summed E-state index contributed by atoms with van der Waals surface area (Å²) in [5, 5.41) is 3.75. The predicted molar refractivity (Wildman–Crippen MR) is 139 cm³/mol. The standard InChI is InChI=1S/C28H26F4N4O5/c1-15-9-16(2)11-20(10-15)35-8-7-34(14-24(35)37)26(39)21-12-19(5-6-22(21)29)13-23-17(3)18(4)25(38)36(33-23)41-27(40)28(30,31)32/h5-6,9-12H,7-8,13-14H2,1-4H3. The fourth-order valence-corrected chi connectivity index (χ4v) is 4.55. The number of carbonyl (C=O) groups excluding carboxylic acids is 3. The molecule has 0 aliphatic carbocycles. The van der Waals surface area contributed by atoms with E-state index in [-0.39, 0.29) is 53.6 Å². The van der Waals surface area contributed by atoms with Gasteiger partial charge in [0.15, 0.2) is 0 Å². The highest BCUT2D eigenvalue weighted by atomic mass is 19.4. The quantitative estimate of drug-likeness (QED) is 0.434. The van der Waals surface area contributed by atoms with Crippen LogP contribution in [0.5, 0.6) is 0 Å². The lowest BCUT2D eigenvalue weighted by Crippen LogP contribution is -2.52. The molecule has 0 unspecified atom stereocenters. The molecule has 1 aliphatic heterocycles. The average Bonchev–Trinajstić information content (AvgIpc) is 2.89. The van der Waals surface area contributed by atoms with Crippen LogP contribution in [0, 0.1) is 33.5 Å². The van der Waals surface area contributed by atoms with Gasteiger partial charge in [0.1, 0.15) is 12.4 Å². The second kappa shape index (κ2) is 11.1. The van der Waals surface area contributed by atoms with Crippen LogP contribution in [0.3, 0.4) is 0 Å². The Morgan fingerprint density at radius 3 is 2.22 bits per heavy atom. The van der Waals surface area contributed by atoms with Crippen LogP contribution < -0.4 is 15.3 Å². The molecule has 2 heterocycles. The van der Waals surface area contributed by atoms with Gasteiger partial charge in [0.2, 0.25) is 5.91 Å². The number of carbonyl (C=O) groups is 3. The van der Waals surface area contributed by atoms with E-state index < -0.39 is 29.4 Å². The number of amides is 2. The van der Waals surface area contributed by atoms with Gasteiger partial charge in [0, 0.05) is 30.8 Å². The highest BCUT2D eigenvalue weighted by molar-refractivity contribution is 6.02. The minimum atomic E-state index is -5.35. The van der Waals surface area contributed by atoms with Gasteiger partial charge in [-0.3, -0.25) is 14.4 Å². The van der Waals surface area contributed by atoms with Crippen molar-refractivity contribution in [2.45, 2.75) is 40.3 Å². The first-order valence-electron chi connectivity index (χ1n) is 12.5. The van der Waals surface area contributed by atoms with E-state index in [2.05, 4.69) is 9.94 Å². The zero-order valence-electron chi connectivity index (χ0n) is 22.6. The molecule has 0 bridgehead atoms. The first-order valence-corrected chi connectivity index (χ1v) is 12.5. The summed E-state index contributed by atoms with van der Waals surface area (Å²) in [5.74, 6) is -4.48. The number of hydrogen-bond acceptors (Lipinski definition) is 6. The molecular weight excluding hydrogens is 548 g/mol. The van der Waals surface area contributed by atoms with Crippen molar-refractivity contribution in [3.05, 3.63) is 91.6 Å². The molecule has 0 atom stereocenters. The molecular formula is C28H26F4N4O5. The predicted octanol–water partition coefficient (Wildman–Crippen LogP) is 3.21. The van der Waals surface area contributed by atoms with E-state index in [0.717, 1.165) is 17.2 Å². The van der Waals surface area contributed by atoms with E-state index in [4.69, 9.17) is 0 Å². The molecule has 2 amide bonds. The topological polar surface area (TPSA) is 102 Å². The van der Waals surface area contributed by atoms with Crippen molar-refractivity contribution < 1.29 is 36.8 Å². The molecule has 0 spiro atoms. The maximum absolute atomic E-state index is 14.8. The summed E-state index contributed by atoms with van der Waals surface area (Å²) < 4.78 is 52.8. The Morgan fingerprint density at radius 2 is 1.61 bits per heavy atom. The van der Waals surface area contributed by atoms with Crippen LogP contribution in [0.25, 0.3) is 0 Å². The van der Waals surface area contributed by atoms with Crippen molar-refractivity contribution >= 4 is 23.5 Å². The monoisotopic (exact) mass is 574 g/mol. The number of halogens is 4. The highest BCUT2D eigenvalue weighted by Gasteiger charge is 2.42. The summed E-state index contributed by atoms with van der Waals surface area (Å²) in [7, 11) is 0. The minimum absolute atomic E-state index is 0.0106. The molecule has 0 radical (unpaired) electrons. The minimum Gasteiger partial charge on any atom is -0.327 e. The van der Waals surface area contributed by atoms with E-state index >= 15 is 0 Å². The summed E-state index contributed by atoms with van der Waals surface area (Å²) in [4.78, 5) is 56.6. The second-order valence-electron chi connectivity index (χ2n) is 9.86. The van der Waals surface area contributed by atoms with E-state index in [1.807, 2.05) is 32.0 Å². The molecule has 0 N–H and O–H groups in total. The molecule has 1 aromatic heterocycles. The largest absolute Gasteiger partial charge is 0.493 e. The molecule has 3 aromatic rings. The molecule has 1 saturated heterocycles. The number of alkyl halides is 3. The van der Waals surface area contributed by atoms with E-state index in [9.17, 15) is 36.7 Å². The lowest BCUT2D eigenvalue weighted by molar-refractivity contribution is -0.202. The Kier molecular flexibility index (Phi) is 8.00. The maximum Gasteiger partial charge on any atom is 0.493 e. The summed E-state index contributed by atoms with van der Waals surface area (Å²) in [6.45, 7) is 6.79. The second-order valence-corrected chi connectivity index (χ2v) is 9.86. The Bertz CT molecular complexity index is 1600. The third-order valence-electron chi connectivity index (χ3n) is 6.76. The molecule has 13 heteroatoms. The molecule has 41 heavy (non-hydrogen) atoms. The summed E-state index contributed by atoms with van der Waals surface area (Å²) in [6, 6.07) is 9.38. The summed E-state index contributed by atoms with van der Waals surface area (Å²) in [6.07, 6.45) is -5.48. The van der Waals surface area contributed by atoms with Crippen LogP contribution in [0.4, 0.5) is 23.2 Å². The number of nitrogens with zero attached hydrogens (tertiary/aromatic N) is 4. The van der Waals surface area contributed by atoms with Crippen LogP contribution in [0.1, 0.15) is 43.9 Å². The third-order valence-corrected chi connectivity index (χ3v) is 6.76. The highest BCUT2D eigenvalue weighted by Crippen LogP contribution is 2.23. The lowest BCUT2D eigenvalue weighted by Gasteiger charge is -2.34. The average molecular weight is 575 g/mol. The van der Waals surface area contributed by atoms with Crippen molar-refractivity contribution in [3.8, 4) is 0 Å². The Balaban J connectivity index is 1.56. The maximum atomic E-state index is 14.8. The number of rotatable bonds is 5. The van der Waals surface area contributed by atoms with Crippen LogP contribution in [0.15, 0.2) is 41.2 Å². The fraction of sp³-hybridized carbons (Fsp3) is 0.321. The van der Waals surface area contributed by atoms with Crippen molar-refractivity contribution in [2.75, 3.05) is 24.5 Å². The molecule has 4 rings (SSSR count). The van der Waals surface area contributed by atoms with Crippen molar-refractivity contribution in [3.63, 3.8) is 0 Å². The molecule has 1 fully saturated rings. The molecule has 0 saturated carbocycles. The molecule has 2 aromatic carbocycles. The third kappa shape index (κ3) is 6.28. The van der Waals surface area contributed by atoms with Crippen LogP contribution in [-0.2, 0) is 16.0 Å². The van der Waals surface area contributed by atoms with Gasteiger partial charge in [-0.2, -0.15) is 13.2 Å². The zero-order valence-corrected chi connectivity index (χ0v) is 22.6. The fourth-order valence-electron chi connectivity index (χ4n) is 4.55. The van der Waals surface area contributed by atoms with E-state index in [1.165, 1.54) is 30.9 Å². The van der Waals surface area contributed by atoms with E-state index in [1.54, 1.807) is 4.90 Å². The Morgan fingerprint density at radius 1 is 0.951 bits per heavy atom. The first-order chi connectivity index (χ1) is 19.1. The van der Waals surface area contributed by atoms with Gasteiger partial charge in [-0.15, -0.1) is 5.10 Å². The number of anilines is 1. The van der Waals surface area contributed by atoms with Crippen molar-refractivity contribution in [1.82, 2.24) is 14.8 Å².